The highest BCUT2D eigenvalue weighted by Gasteiger charge is 2.20. The number of aromatic nitrogens is 1. The fraction of sp³-hybridized carbons (Fsp3) is 0.278. The van der Waals surface area contributed by atoms with Crippen LogP contribution in [0.2, 0.25) is 10.0 Å². The smallest absolute Gasteiger partial charge is 0.274 e. The number of halogens is 2. The molecule has 8 heteroatoms. The van der Waals surface area contributed by atoms with E-state index in [2.05, 4.69) is 15.2 Å². The van der Waals surface area contributed by atoms with E-state index in [1.807, 2.05) is 11.0 Å². The van der Waals surface area contributed by atoms with Crippen molar-refractivity contribution in [2.75, 3.05) is 36.4 Å². The molecule has 6 nitrogen and oxygen atoms in total. The van der Waals surface area contributed by atoms with Crippen LogP contribution in [0.1, 0.15) is 17.4 Å². The summed E-state index contributed by atoms with van der Waals surface area (Å²) >= 11 is 12.0. The Balaban J connectivity index is 1.71. The summed E-state index contributed by atoms with van der Waals surface area (Å²) in [6.45, 7) is 4.34. The van der Waals surface area contributed by atoms with Crippen molar-refractivity contribution in [1.82, 2.24) is 9.88 Å². The van der Waals surface area contributed by atoms with Gasteiger partial charge in [0.2, 0.25) is 5.91 Å². The van der Waals surface area contributed by atoms with Crippen molar-refractivity contribution < 1.29 is 9.59 Å². The van der Waals surface area contributed by atoms with Crippen LogP contribution in [-0.4, -0.2) is 47.9 Å². The van der Waals surface area contributed by atoms with Crippen LogP contribution in [0, 0.1) is 0 Å². The first-order chi connectivity index (χ1) is 12.4. The van der Waals surface area contributed by atoms with E-state index in [0.29, 0.717) is 47.6 Å². The van der Waals surface area contributed by atoms with Gasteiger partial charge < -0.3 is 15.1 Å². The van der Waals surface area contributed by atoms with E-state index >= 15 is 0 Å². The molecule has 1 aliphatic heterocycles. The third-order valence-corrected chi connectivity index (χ3v) is 4.79. The van der Waals surface area contributed by atoms with E-state index in [4.69, 9.17) is 23.2 Å². The molecule has 0 aliphatic carbocycles. The molecule has 1 N–H and O–H groups in total. The summed E-state index contributed by atoms with van der Waals surface area (Å²) in [5.41, 5.74) is 1.67. The highest BCUT2D eigenvalue weighted by molar-refractivity contribution is 6.36. The molecule has 1 saturated heterocycles. The minimum Gasteiger partial charge on any atom is -0.368 e. The van der Waals surface area contributed by atoms with Gasteiger partial charge in [-0.2, -0.15) is 0 Å². The van der Waals surface area contributed by atoms with Gasteiger partial charge in [0.25, 0.3) is 5.91 Å². The summed E-state index contributed by atoms with van der Waals surface area (Å²) in [4.78, 5) is 32.0. The van der Waals surface area contributed by atoms with E-state index < -0.39 is 0 Å². The first-order valence-electron chi connectivity index (χ1n) is 8.17. The molecule has 1 aromatic carbocycles. The lowest BCUT2D eigenvalue weighted by molar-refractivity contribution is -0.129. The van der Waals surface area contributed by atoms with Gasteiger partial charge in [0.15, 0.2) is 0 Å². The Labute approximate surface area is 161 Å². The van der Waals surface area contributed by atoms with Gasteiger partial charge in [0.05, 0.1) is 10.7 Å². The molecular weight excluding hydrogens is 375 g/mol. The van der Waals surface area contributed by atoms with E-state index in [9.17, 15) is 9.59 Å². The zero-order valence-corrected chi connectivity index (χ0v) is 15.7. The Bertz CT molecular complexity index is 836. The fourth-order valence-corrected chi connectivity index (χ4v) is 3.25. The molecule has 0 bridgehead atoms. The van der Waals surface area contributed by atoms with Crippen molar-refractivity contribution in [1.29, 1.82) is 0 Å². The number of piperazine rings is 1. The van der Waals surface area contributed by atoms with E-state index in [0.717, 1.165) is 5.69 Å². The number of amides is 2. The van der Waals surface area contributed by atoms with Gasteiger partial charge in [0.1, 0.15) is 5.69 Å². The zero-order chi connectivity index (χ0) is 18.7. The third-order valence-electron chi connectivity index (χ3n) is 4.25. The summed E-state index contributed by atoms with van der Waals surface area (Å²) in [6.07, 6.45) is 1.60. The molecule has 1 aromatic heterocycles. The molecule has 2 aromatic rings. The molecule has 136 valence electrons. The van der Waals surface area contributed by atoms with Crippen LogP contribution in [-0.2, 0) is 4.79 Å². The van der Waals surface area contributed by atoms with E-state index in [-0.39, 0.29) is 11.8 Å². The maximum absolute atomic E-state index is 12.5. The second-order valence-corrected chi connectivity index (χ2v) is 6.81. The van der Waals surface area contributed by atoms with Gasteiger partial charge >= 0.3 is 0 Å². The molecule has 2 amide bonds. The minimum absolute atomic E-state index is 0.0827. The molecule has 0 atom stereocenters. The molecular formula is C18H18Cl2N4O2. The number of benzene rings is 1. The lowest BCUT2D eigenvalue weighted by Crippen LogP contribution is -2.48. The zero-order valence-electron chi connectivity index (χ0n) is 14.2. The summed E-state index contributed by atoms with van der Waals surface area (Å²) in [6, 6.07) is 8.46. The molecule has 0 unspecified atom stereocenters. The van der Waals surface area contributed by atoms with Gasteiger partial charge in [-0.3, -0.25) is 14.6 Å². The monoisotopic (exact) mass is 392 g/mol. The molecule has 26 heavy (non-hydrogen) atoms. The second kappa shape index (κ2) is 7.93. The Morgan fingerprint density at radius 3 is 2.46 bits per heavy atom. The van der Waals surface area contributed by atoms with Crippen LogP contribution in [0.25, 0.3) is 0 Å². The molecule has 2 heterocycles. The van der Waals surface area contributed by atoms with Gasteiger partial charge in [-0.25, -0.2) is 0 Å². The van der Waals surface area contributed by atoms with Crippen LogP contribution in [0.4, 0.5) is 11.4 Å². The van der Waals surface area contributed by atoms with Crippen LogP contribution in [0.5, 0.6) is 0 Å². The van der Waals surface area contributed by atoms with E-state index in [1.165, 1.54) is 0 Å². The molecule has 1 fully saturated rings. The lowest BCUT2D eigenvalue weighted by atomic mass is 10.2. The molecule has 0 saturated carbocycles. The summed E-state index contributed by atoms with van der Waals surface area (Å²) < 4.78 is 0. The Hall–Kier alpha value is -2.31. The first-order valence-corrected chi connectivity index (χ1v) is 8.92. The highest BCUT2D eigenvalue weighted by atomic mass is 35.5. The maximum Gasteiger partial charge on any atom is 0.274 e. The van der Waals surface area contributed by atoms with Crippen LogP contribution < -0.4 is 10.2 Å². The van der Waals surface area contributed by atoms with Crippen molar-refractivity contribution >= 4 is 46.4 Å². The number of hydrogen-bond acceptors (Lipinski definition) is 4. The number of anilines is 2. The van der Waals surface area contributed by atoms with E-state index in [1.54, 1.807) is 37.4 Å². The van der Waals surface area contributed by atoms with Crippen LogP contribution in [0.3, 0.4) is 0 Å². The summed E-state index contributed by atoms with van der Waals surface area (Å²) in [5.74, 6) is -0.266. The maximum atomic E-state index is 12.5. The quantitative estimate of drug-likeness (QED) is 0.869. The lowest BCUT2D eigenvalue weighted by Gasteiger charge is -2.35. The highest BCUT2D eigenvalue weighted by Crippen LogP contribution is 2.26. The SMILES string of the molecule is CC(=O)N1CCN(c2ccnc(C(=O)Nc3ccc(Cl)cc3Cl)c2)CC1. The van der Waals surface area contributed by atoms with Crippen LogP contribution >= 0.6 is 23.2 Å². The molecule has 1 aliphatic rings. The number of rotatable bonds is 3. The molecule has 3 rings (SSSR count). The largest absolute Gasteiger partial charge is 0.368 e. The van der Waals surface area contributed by atoms with Crippen molar-refractivity contribution in [3.63, 3.8) is 0 Å². The Morgan fingerprint density at radius 1 is 1.08 bits per heavy atom. The Morgan fingerprint density at radius 2 is 1.81 bits per heavy atom. The topological polar surface area (TPSA) is 65.5 Å². The number of hydrogen-bond donors (Lipinski definition) is 1. The van der Waals surface area contributed by atoms with Crippen molar-refractivity contribution in [3.8, 4) is 0 Å². The second-order valence-electron chi connectivity index (χ2n) is 5.97. The first kappa shape index (κ1) is 18.5. The van der Waals surface area contributed by atoms with Crippen molar-refractivity contribution in [3.05, 3.63) is 52.3 Å². The van der Waals surface area contributed by atoms with Gasteiger partial charge in [0, 0.05) is 50.0 Å². The minimum atomic E-state index is -0.349. The molecule has 0 spiro atoms. The van der Waals surface area contributed by atoms with Gasteiger partial charge in [-0.15, -0.1) is 0 Å². The standard InChI is InChI=1S/C18H18Cl2N4O2/c1-12(25)23-6-8-24(9-7-23)14-4-5-21-17(11-14)18(26)22-16-3-2-13(19)10-15(16)20/h2-5,10-11H,6-9H2,1H3,(H,22,26). The fourth-order valence-electron chi connectivity index (χ4n) is 2.80. The normalized spacial score (nSPS) is 14.3. The predicted octanol–water partition coefficient (Wildman–Crippen LogP) is 3.31. The average Bonchev–Trinajstić information content (AvgIpc) is 2.64. The van der Waals surface area contributed by atoms with Crippen molar-refractivity contribution in [2.45, 2.75) is 6.92 Å². The number of nitrogens with one attached hydrogen (secondary N) is 1. The number of carbonyl (C=O) groups excluding carboxylic acids is 2. The summed E-state index contributed by atoms with van der Waals surface area (Å²) in [5, 5.41) is 3.60. The third kappa shape index (κ3) is 4.26. The van der Waals surface area contributed by atoms with Crippen molar-refractivity contribution in [2.24, 2.45) is 0 Å². The van der Waals surface area contributed by atoms with Gasteiger partial charge in [-0.05, 0) is 30.3 Å². The number of pyridine rings is 1. The number of nitrogens with zero attached hydrogens (tertiary/aromatic N) is 3. The van der Waals surface area contributed by atoms with Crippen LogP contribution in [0.15, 0.2) is 36.5 Å². The van der Waals surface area contributed by atoms with Gasteiger partial charge in [-0.1, -0.05) is 23.2 Å². The molecule has 0 radical (unpaired) electrons. The average molecular weight is 393 g/mol. The Kier molecular flexibility index (Phi) is 5.64. The predicted molar refractivity (Wildman–Crippen MR) is 103 cm³/mol. The summed E-state index contributed by atoms with van der Waals surface area (Å²) in [7, 11) is 0. The number of carbonyl (C=O) groups is 2.